The Bertz CT molecular complexity index is 507. The minimum Gasteiger partial charge on any atom is -0.357 e. The van der Waals surface area contributed by atoms with Crippen molar-refractivity contribution in [2.75, 3.05) is 64.9 Å². The fraction of sp³-hybridized carbons (Fsp3) is 0.941. The van der Waals surface area contributed by atoms with Gasteiger partial charge in [-0.25, -0.2) is 8.42 Å². The molecule has 0 amide bonds. The quantitative estimate of drug-likeness (QED) is 0.276. The van der Waals surface area contributed by atoms with Crippen molar-refractivity contribution in [3.05, 3.63) is 0 Å². The lowest BCUT2D eigenvalue weighted by atomic mass is 10.1. The minimum absolute atomic E-state index is 0. The fourth-order valence-electron chi connectivity index (χ4n) is 2.79. The number of halogens is 1. The Morgan fingerprint density at radius 2 is 1.81 bits per heavy atom. The molecule has 0 aromatic carbocycles. The summed E-state index contributed by atoms with van der Waals surface area (Å²) in [6, 6.07) is 0.0699. The van der Waals surface area contributed by atoms with Crippen LogP contribution in [-0.2, 0) is 9.84 Å². The third-order valence-electron chi connectivity index (χ3n) is 4.38. The maximum Gasteiger partial charge on any atom is 0.191 e. The molecule has 2 atom stereocenters. The van der Waals surface area contributed by atoms with Gasteiger partial charge < -0.3 is 20.4 Å². The van der Waals surface area contributed by atoms with E-state index in [0.717, 1.165) is 51.8 Å². The summed E-state index contributed by atoms with van der Waals surface area (Å²) in [6.07, 6.45) is 1.86. The van der Waals surface area contributed by atoms with E-state index in [0.29, 0.717) is 12.3 Å². The molecule has 1 aliphatic rings. The second-order valence-electron chi connectivity index (χ2n) is 7.39. The van der Waals surface area contributed by atoms with E-state index in [2.05, 4.69) is 39.4 Å². The molecule has 0 aromatic heterocycles. The van der Waals surface area contributed by atoms with Crippen LogP contribution in [-0.4, -0.2) is 95.1 Å². The Balaban J connectivity index is 0.00000625. The van der Waals surface area contributed by atoms with Crippen molar-refractivity contribution in [3.63, 3.8) is 0 Å². The van der Waals surface area contributed by atoms with Crippen LogP contribution in [0.3, 0.4) is 0 Å². The van der Waals surface area contributed by atoms with Crippen molar-refractivity contribution in [2.24, 2.45) is 10.9 Å². The second kappa shape index (κ2) is 13.1. The molecule has 0 spiro atoms. The third kappa shape index (κ3) is 12.3. The molecule has 26 heavy (non-hydrogen) atoms. The predicted molar refractivity (Wildman–Crippen MR) is 121 cm³/mol. The van der Waals surface area contributed by atoms with Gasteiger partial charge in [0, 0.05) is 58.1 Å². The molecule has 0 aromatic rings. The normalized spacial score (nSPS) is 19.5. The fourth-order valence-corrected chi connectivity index (χ4v) is 3.57. The Kier molecular flexibility index (Phi) is 13.0. The Morgan fingerprint density at radius 1 is 1.19 bits per heavy atom. The van der Waals surface area contributed by atoms with Crippen molar-refractivity contribution in [1.82, 2.24) is 20.4 Å². The van der Waals surface area contributed by atoms with Gasteiger partial charge in [-0.2, -0.15) is 0 Å². The minimum atomic E-state index is -2.92. The van der Waals surface area contributed by atoms with E-state index >= 15 is 0 Å². The predicted octanol–water partition coefficient (Wildman–Crippen LogP) is 0.866. The van der Waals surface area contributed by atoms with Gasteiger partial charge in [0.1, 0.15) is 9.84 Å². The van der Waals surface area contributed by atoms with Crippen LogP contribution in [0.5, 0.6) is 0 Å². The maximum atomic E-state index is 11.3. The standard InChI is InChI=1S/C17H37N5O2S.HI/c1-6-18-17(20-16(3)7-12-25(5,23)24)19-13-15(2)14-22-10-8-21(4)9-11-22;/h15-16H,6-14H2,1-5H3,(H2,18,19,20);1H. The highest BCUT2D eigenvalue weighted by molar-refractivity contribution is 14.0. The molecule has 0 bridgehead atoms. The van der Waals surface area contributed by atoms with Crippen LogP contribution in [0.4, 0.5) is 0 Å². The first-order valence-electron chi connectivity index (χ1n) is 9.33. The summed E-state index contributed by atoms with van der Waals surface area (Å²) in [5.74, 6) is 1.46. The second-order valence-corrected chi connectivity index (χ2v) is 9.65. The number of piperazine rings is 1. The monoisotopic (exact) mass is 503 g/mol. The van der Waals surface area contributed by atoms with Crippen molar-refractivity contribution >= 4 is 39.8 Å². The lowest BCUT2D eigenvalue weighted by molar-refractivity contribution is 0.140. The first kappa shape index (κ1) is 25.9. The first-order valence-corrected chi connectivity index (χ1v) is 11.4. The zero-order valence-corrected chi connectivity index (χ0v) is 20.1. The Morgan fingerprint density at radius 3 is 2.35 bits per heavy atom. The zero-order valence-electron chi connectivity index (χ0n) is 17.0. The van der Waals surface area contributed by atoms with E-state index in [4.69, 9.17) is 0 Å². The molecule has 2 unspecified atom stereocenters. The summed E-state index contributed by atoms with van der Waals surface area (Å²) < 4.78 is 22.6. The van der Waals surface area contributed by atoms with Crippen molar-refractivity contribution < 1.29 is 8.42 Å². The molecule has 2 N–H and O–H groups in total. The zero-order chi connectivity index (χ0) is 18.9. The van der Waals surface area contributed by atoms with Crippen LogP contribution in [0.25, 0.3) is 0 Å². The van der Waals surface area contributed by atoms with E-state index < -0.39 is 9.84 Å². The van der Waals surface area contributed by atoms with Crippen molar-refractivity contribution in [3.8, 4) is 0 Å². The molecule has 1 heterocycles. The van der Waals surface area contributed by atoms with E-state index in [1.807, 2.05) is 13.8 Å². The van der Waals surface area contributed by atoms with Crippen molar-refractivity contribution in [1.29, 1.82) is 0 Å². The van der Waals surface area contributed by atoms with Gasteiger partial charge in [-0.05, 0) is 33.2 Å². The van der Waals surface area contributed by atoms with Gasteiger partial charge in [-0.1, -0.05) is 6.92 Å². The SMILES string of the molecule is CCNC(=NCC(C)CN1CCN(C)CC1)NC(C)CCS(C)(=O)=O.I. The van der Waals surface area contributed by atoms with Crippen LogP contribution in [0.2, 0.25) is 0 Å². The summed E-state index contributed by atoms with van der Waals surface area (Å²) in [4.78, 5) is 9.56. The first-order chi connectivity index (χ1) is 11.7. The van der Waals surface area contributed by atoms with Gasteiger partial charge in [0.15, 0.2) is 5.96 Å². The Labute approximate surface area is 177 Å². The van der Waals surface area contributed by atoms with Gasteiger partial charge in [-0.3, -0.25) is 4.99 Å². The van der Waals surface area contributed by atoms with Gasteiger partial charge in [0.2, 0.25) is 0 Å². The summed E-state index contributed by atoms with van der Waals surface area (Å²) in [6.45, 7) is 13.4. The van der Waals surface area contributed by atoms with Crippen LogP contribution in [0.15, 0.2) is 4.99 Å². The lowest BCUT2D eigenvalue weighted by Gasteiger charge is -2.33. The van der Waals surface area contributed by atoms with E-state index in [1.54, 1.807) is 0 Å². The topological polar surface area (TPSA) is 77.0 Å². The number of sulfone groups is 1. The van der Waals surface area contributed by atoms with Crippen LogP contribution in [0, 0.1) is 5.92 Å². The summed E-state index contributed by atoms with van der Waals surface area (Å²) >= 11 is 0. The molecule has 1 saturated heterocycles. The number of likely N-dealkylation sites (N-methyl/N-ethyl adjacent to an activating group) is 1. The summed E-state index contributed by atoms with van der Waals surface area (Å²) in [5.41, 5.74) is 0. The average molecular weight is 503 g/mol. The molecule has 0 radical (unpaired) electrons. The van der Waals surface area contributed by atoms with Crippen LogP contribution < -0.4 is 10.6 Å². The molecule has 7 nitrogen and oxygen atoms in total. The average Bonchev–Trinajstić information content (AvgIpc) is 2.52. The number of aliphatic imine (C=N–C) groups is 1. The molecule has 1 rings (SSSR count). The molecule has 1 aliphatic heterocycles. The molecule has 1 fully saturated rings. The van der Waals surface area contributed by atoms with Gasteiger partial charge in [-0.15, -0.1) is 24.0 Å². The third-order valence-corrected chi connectivity index (χ3v) is 5.35. The number of nitrogens with zero attached hydrogens (tertiary/aromatic N) is 3. The van der Waals surface area contributed by atoms with Gasteiger partial charge >= 0.3 is 0 Å². The molecule has 9 heteroatoms. The summed E-state index contributed by atoms with van der Waals surface area (Å²) in [5, 5.41) is 6.55. The Hall–Kier alpha value is -0.130. The summed E-state index contributed by atoms with van der Waals surface area (Å²) in [7, 11) is -0.752. The highest BCUT2D eigenvalue weighted by Crippen LogP contribution is 2.05. The number of hydrogen-bond donors (Lipinski definition) is 2. The van der Waals surface area contributed by atoms with E-state index in [-0.39, 0.29) is 35.8 Å². The molecule has 156 valence electrons. The maximum absolute atomic E-state index is 11.3. The van der Waals surface area contributed by atoms with Crippen molar-refractivity contribution in [2.45, 2.75) is 33.2 Å². The number of nitrogens with one attached hydrogen (secondary N) is 2. The largest absolute Gasteiger partial charge is 0.357 e. The molecular weight excluding hydrogens is 465 g/mol. The molecule has 0 saturated carbocycles. The highest BCUT2D eigenvalue weighted by atomic mass is 127. The highest BCUT2D eigenvalue weighted by Gasteiger charge is 2.16. The van der Waals surface area contributed by atoms with Gasteiger partial charge in [0.05, 0.1) is 5.75 Å². The number of guanidine groups is 1. The van der Waals surface area contributed by atoms with Crippen LogP contribution in [0.1, 0.15) is 27.2 Å². The van der Waals surface area contributed by atoms with E-state index in [9.17, 15) is 8.42 Å². The molecular formula is C17H38IN5O2S. The number of hydrogen-bond acceptors (Lipinski definition) is 5. The molecule has 0 aliphatic carbocycles. The van der Waals surface area contributed by atoms with Crippen LogP contribution >= 0.6 is 24.0 Å². The lowest BCUT2D eigenvalue weighted by Crippen LogP contribution is -2.46. The smallest absolute Gasteiger partial charge is 0.191 e. The van der Waals surface area contributed by atoms with Gasteiger partial charge in [0.25, 0.3) is 0 Å². The number of rotatable bonds is 9. The van der Waals surface area contributed by atoms with E-state index in [1.165, 1.54) is 6.26 Å².